The first-order valence-electron chi connectivity index (χ1n) is 11.0. The van der Waals surface area contributed by atoms with E-state index in [1.807, 2.05) is 19.1 Å². The van der Waals surface area contributed by atoms with Crippen molar-refractivity contribution in [3.8, 4) is 11.6 Å². The number of hydrogen-bond donors (Lipinski definition) is 1. The lowest BCUT2D eigenvalue weighted by molar-refractivity contribution is 0.211. The number of anilines is 1. The Morgan fingerprint density at radius 3 is 2.36 bits per heavy atom. The molecule has 9 heteroatoms. The molecule has 0 amide bonds. The van der Waals surface area contributed by atoms with Crippen LogP contribution in [0.5, 0.6) is 11.6 Å². The Bertz CT molecular complexity index is 1230. The molecule has 2 aromatic heterocycles. The van der Waals surface area contributed by atoms with Crippen molar-refractivity contribution in [2.24, 2.45) is 0 Å². The van der Waals surface area contributed by atoms with Gasteiger partial charge in [-0.3, -0.25) is 4.90 Å². The molecule has 7 nitrogen and oxygen atoms in total. The Kier molecular flexibility index (Phi) is 5.90. The van der Waals surface area contributed by atoms with Gasteiger partial charge in [0.15, 0.2) is 5.82 Å². The standard InChI is InChI=1S/C24H26FN5O2S/c1-3-20-26-24-30(27-20)23(31)22(33-24)21(16-4-6-17(25)7-5-16)29-14-12-28(13-15-29)18-8-10-19(32-2)11-9-18/h4-11,21,31H,3,12-15H2,1-2H3/t21-/m0/s1. The van der Waals surface area contributed by atoms with E-state index in [4.69, 9.17) is 4.74 Å². The highest BCUT2D eigenvalue weighted by molar-refractivity contribution is 7.17. The van der Waals surface area contributed by atoms with E-state index in [0.29, 0.717) is 17.2 Å². The van der Waals surface area contributed by atoms with Gasteiger partial charge in [-0.25, -0.2) is 9.37 Å². The van der Waals surface area contributed by atoms with Crippen molar-refractivity contribution in [1.82, 2.24) is 19.5 Å². The summed E-state index contributed by atoms with van der Waals surface area (Å²) in [5.41, 5.74) is 2.09. The lowest BCUT2D eigenvalue weighted by Crippen LogP contribution is -2.47. The fourth-order valence-electron chi connectivity index (χ4n) is 4.32. The molecule has 1 fully saturated rings. The molecule has 0 bridgehead atoms. The van der Waals surface area contributed by atoms with E-state index in [9.17, 15) is 9.50 Å². The smallest absolute Gasteiger partial charge is 0.230 e. The van der Waals surface area contributed by atoms with Crippen LogP contribution in [0.25, 0.3) is 4.96 Å². The van der Waals surface area contributed by atoms with Crippen LogP contribution in [0.1, 0.15) is 29.2 Å². The van der Waals surface area contributed by atoms with Gasteiger partial charge >= 0.3 is 0 Å². The van der Waals surface area contributed by atoms with Crippen molar-refractivity contribution >= 4 is 22.0 Å². The van der Waals surface area contributed by atoms with Gasteiger partial charge in [0.25, 0.3) is 0 Å². The molecular formula is C24H26FN5O2S. The zero-order valence-corrected chi connectivity index (χ0v) is 19.4. The molecule has 0 aliphatic carbocycles. The van der Waals surface area contributed by atoms with Crippen LogP contribution < -0.4 is 9.64 Å². The molecule has 2 aromatic carbocycles. The second kappa shape index (κ2) is 8.99. The number of aryl methyl sites for hydroxylation is 1. The first kappa shape index (κ1) is 21.7. The molecular weight excluding hydrogens is 441 g/mol. The van der Waals surface area contributed by atoms with E-state index in [2.05, 4.69) is 32.0 Å². The molecule has 1 N–H and O–H groups in total. The van der Waals surface area contributed by atoms with Crippen molar-refractivity contribution in [3.63, 3.8) is 0 Å². The molecule has 1 atom stereocenters. The first-order chi connectivity index (χ1) is 16.1. The molecule has 0 spiro atoms. The molecule has 33 heavy (non-hydrogen) atoms. The molecule has 0 saturated carbocycles. The number of benzene rings is 2. The maximum absolute atomic E-state index is 13.7. The van der Waals surface area contributed by atoms with E-state index >= 15 is 0 Å². The number of ether oxygens (including phenoxy) is 1. The number of thiazole rings is 1. The van der Waals surface area contributed by atoms with E-state index < -0.39 is 0 Å². The first-order valence-corrected chi connectivity index (χ1v) is 11.8. The highest BCUT2D eigenvalue weighted by atomic mass is 32.1. The lowest BCUT2D eigenvalue weighted by Gasteiger charge is -2.40. The largest absolute Gasteiger partial charge is 0.497 e. The number of methoxy groups -OCH3 is 1. The molecule has 172 valence electrons. The predicted octanol–water partition coefficient (Wildman–Crippen LogP) is 4.12. The third kappa shape index (κ3) is 4.14. The second-order valence-corrected chi connectivity index (χ2v) is 9.05. The van der Waals surface area contributed by atoms with Crippen molar-refractivity contribution in [2.75, 3.05) is 38.2 Å². The van der Waals surface area contributed by atoms with Gasteiger partial charge in [-0.2, -0.15) is 4.52 Å². The summed E-state index contributed by atoms with van der Waals surface area (Å²) in [5, 5.41) is 15.5. The summed E-state index contributed by atoms with van der Waals surface area (Å²) in [4.78, 5) is 10.6. The van der Waals surface area contributed by atoms with Crippen molar-refractivity contribution in [1.29, 1.82) is 0 Å². The normalized spacial score (nSPS) is 15.8. The number of nitrogens with zero attached hydrogens (tertiary/aromatic N) is 5. The molecule has 3 heterocycles. The van der Waals surface area contributed by atoms with Crippen LogP contribution in [-0.2, 0) is 6.42 Å². The number of aromatic hydroxyl groups is 1. The van der Waals surface area contributed by atoms with E-state index in [1.54, 1.807) is 19.2 Å². The third-order valence-corrected chi connectivity index (χ3v) is 7.18. The maximum atomic E-state index is 13.7. The maximum Gasteiger partial charge on any atom is 0.230 e. The monoisotopic (exact) mass is 467 g/mol. The van der Waals surface area contributed by atoms with Gasteiger partial charge in [0.2, 0.25) is 10.8 Å². The summed E-state index contributed by atoms with van der Waals surface area (Å²) in [6, 6.07) is 14.4. The number of aromatic nitrogens is 3. The number of fused-ring (bicyclic) bond motifs is 1. The van der Waals surface area contributed by atoms with Crippen LogP contribution >= 0.6 is 11.3 Å². The number of hydrogen-bond acceptors (Lipinski definition) is 7. The zero-order chi connectivity index (χ0) is 22.9. The van der Waals surface area contributed by atoms with Gasteiger partial charge in [-0.15, -0.1) is 5.10 Å². The Morgan fingerprint density at radius 2 is 1.76 bits per heavy atom. The average Bonchev–Trinajstić information content (AvgIpc) is 3.40. The summed E-state index contributed by atoms with van der Waals surface area (Å²) in [6.07, 6.45) is 0.706. The molecule has 1 aliphatic heterocycles. The van der Waals surface area contributed by atoms with Crippen LogP contribution in [0.15, 0.2) is 48.5 Å². The van der Waals surface area contributed by atoms with Gasteiger partial charge in [0.05, 0.1) is 18.0 Å². The minimum absolute atomic E-state index is 0.106. The Hall–Kier alpha value is -3.17. The summed E-state index contributed by atoms with van der Waals surface area (Å²) < 4.78 is 20.5. The van der Waals surface area contributed by atoms with Gasteiger partial charge in [0.1, 0.15) is 11.6 Å². The zero-order valence-electron chi connectivity index (χ0n) is 18.6. The van der Waals surface area contributed by atoms with Gasteiger partial charge in [-0.1, -0.05) is 30.4 Å². The van der Waals surface area contributed by atoms with Crippen molar-refractivity contribution < 1.29 is 14.2 Å². The molecule has 1 saturated heterocycles. The SMILES string of the molecule is CCc1nc2sc([C@H](c3ccc(F)cc3)N3CCN(c4ccc(OC)cc4)CC3)c(O)n2n1. The Morgan fingerprint density at radius 1 is 1.06 bits per heavy atom. The van der Waals surface area contributed by atoms with Gasteiger partial charge in [0, 0.05) is 38.3 Å². The average molecular weight is 468 g/mol. The molecule has 4 aromatic rings. The fourth-order valence-corrected chi connectivity index (χ4v) is 5.46. The minimum Gasteiger partial charge on any atom is -0.497 e. The van der Waals surface area contributed by atoms with Crippen LogP contribution in [0.3, 0.4) is 0 Å². The van der Waals surface area contributed by atoms with Crippen molar-refractivity contribution in [2.45, 2.75) is 19.4 Å². The fraction of sp³-hybridized carbons (Fsp3) is 0.333. The van der Waals surface area contributed by atoms with E-state index in [-0.39, 0.29) is 17.7 Å². The molecule has 1 aliphatic rings. The summed E-state index contributed by atoms with van der Waals surface area (Å²) in [5.74, 6) is 1.37. The van der Waals surface area contributed by atoms with Gasteiger partial charge < -0.3 is 14.7 Å². The minimum atomic E-state index is -0.277. The Balaban J connectivity index is 1.44. The third-order valence-electron chi connectivity index (χ3n) is 6.11. The predicted molar refractivity (Wildman–Crippen MR) is 127 cm³/mol. The second-order valence-electron chi connectivity index (χ2n) is 8.04. The number of halogens is 1. The molecule has 0 unspecified atom stereocenters. The summed E-state index contributed by atoms with van der Waals surface area (Å²) in [7, 11) is 1.67. The van der Waals surface area contributed by atoms with Crippen LogP contribution in [0, 0.1) is 5.82 Å². The number of rotatable bonds is 6. The molecule has 5 rings (SSSR count). The highest BCUT2D eigenvalue weighted by Crippen LogP contribution is 2.40. The Labute approximate surface area is 195 Å². The van der Waals surface area contributed by atoms with Crippen LogP contribution in [-0.4, -0.2) is 57.9 Å². The van der Waals surface area contributed by atoms with E-state index in [1.165, 1.54) is 28.0 Å². The van der Waals surface area contributed by atoms with Crippen LogP contribution in [0.4, 0.5) is 10.1 Å². The topological polar surface area (TPSA) is 66.1 Å². The van der Waals surface area contributed by atoms with Gasteiger partial charge in [-0.05, 0) is 42.0 Å². The highest BCUT2D eigenvalue weighted by Gasteiger charge is 2.32. The molecule has 0 radical (unpaired) electrons. The van der Waals surface area contributed by atoms with Crippen LogP contribution in [0.2, 0.25) is 0 Å². The van der Waals surface area contributed by atoms with E-state index in [0.717, 1.165) is 48.1 Å². The number of piperazine rings is 1. The quantitative estimate of drug-likeness (QED) is 0.460. The summed E-state index contributed by atoms with van der Waals surface area (Å²) >= 11 is 1.44. The van der Waals surface area contributed by atoms with Crippen molar-refractivity contribution in [3.05, 3.63) is 70.6 Å². The lowest BCUT2D eigenvalue weighted by atomic mass is 10.0. The summed E-state index contributed by atoms with van der Waals surface area (Å²) in [6.45, 7) is 5.25.